The molecule has 0 aliphatic rings. The quantitative estimate of drug-likeness (QED) is 0.834. The van der Waals surface area contributed by atoms with Crippen LogP contribution in [0.5, 0.6) is 0 Å². The summed E-state index contributed by atoms with van der Waals surface area (Å²) >= 11 is 0. The van der Waals surface area contributed by atoms with E-state index < -0.39 is 6.04 Å². The number of hydrogen-bond donors (Lipinski definition) is 2. The number of benzene rings is 1. The molecule has 2 rings (SSSR count). The van der Waals surface area contributed by atoms with E-state index in [-0.39, 0.29) is 24.5 Å². The summed E-state index contributed by atoms with van der Waals surface area (Å²) in [6.45, 7) is 3.85. The van der Waals surface area contributed by atoms with Crippen LogP contribution in [-0.2, 0) is 16.0 Å². The summed E-state index contributed by atoms with van der Waals surface area (Å²) in [6, 6.07) is 7.35. The number of halogens is 1. The van der Waals surface area contributed by atoms with Crippen LogP contribution in [0.1, 0.15) is 25.8 Å². The van der Waals surface area contributed by atoms with E-state index in [0.717, 1.165) is 22.9 Å². The number of fused-ring (bicyclic) bond motifs is 1. The largest absolute Gasteiger partial charge is 0.462 e. The van der Waals surface area contributed by atoms with E-state index >= 15 is 0 Å². The van der Waals surface area contributed by atoms with Crippen LogP contribution in [0.3, 0.4) is 0 Å². The number of ether oxygens (including phenoxy) is 1. The van der Waals surface area contributed by atoms with E-state index in [1.54, 1.807) is 0 Å². The van der Waals surface area contributed by atoms with Crippen molar-refractivity contribution in [2.24, 2.45) is 5.73 Å². The van der Waals surface area contributed by atoms with Crippen molar-refractivity contribution in [3.8, 4) is 0 Å². The van der Waals surface area contributed by atoms with Crippen LogP contribution in [0.15, 0.2) is 30.5 Å². The first kappa shape index (κ1) is 16.5. The first-order valence-electron chi connectivity index (χ1n) is 6.63. The predicted octanol–water partition coefficient (Wildman–Crippen LogP) is 2.80. The zero-order valence-electron chi connectivity index (χ0n) is 11.8. The molecule has 3 N–H and O–H groups in total. The molecule has 4 nitrogen and oxygen atoms in total. The Balaban J connectivity index is 0.00000200. The van der Waals surface area contributed by atoms with Crippen molar-refractivity contribution in [1.29, 1.82) is 0 Å². The Hall–Kier alpha value is -1.52. The van der Waals surface area contributed by atoms with Crippen molar-refractivity contribution >= 4 is 29.3 Å². The SMILES string of the molecule is CCC(C)OC(=O)[C@@H](N)Cc1c[nH]c2ccccc12.Cl. The van der Waals surface area contributed by atoms with E-state index in [2.05, 4.69) is 4.98 Å². The van der Waals surface area contributed by atoms with Gasteiger partial charge in [-0.1, -0.05) is 25.1 Å². The van der Waals surface area contributed by atoms with Gasteiger partial charge in [-0.25, -0.2) is 0 Å². The standard InChI is InChI=1S/C15H20N2O2.ClH/c1-3-10(2)19-15(18)13(16)8-11-9-17-14-7-5-4-6-12(11)14;/h4-7,9-10,13,17H,3,8,16H2,1-2H3;1H/t10?,13-;/m0./s1. The number of H-pyrrole nitrogens is 1. The zero-order chi connectivity index (χ0) is 13.8. The Kier molecular flexibility index (Phi) is 6.05. The van der Waals surface area contributed by atoms with E-state index in [4.69, 9.17) is 10.5 Å². The molecule has 0 amide bonds. The summed E-state index contributed by atoms with van der Waals surface area (Å²) in [5.74, 6) is -0.334. The fourth-order valence-electron chi connectivity index (χ4n) is 1.99. The maximum Gasteiger partial charge on any atom is 0.323 e. The van der Waals surface area contributed by atoms with Gasteiger partial charge in [-0.15, -0.1) is 12.4 Å². The average molecular weight is 297 g/mol. The average Bonchev–Trinajstić information content (AvgIpc) is 2.82. The monoisotopic (exact) mass is 296 g/mol. The highest BCUT2D eigenvalue weighted by Gasteiger charge is 2.19. The van der Waals surface area contributed by atoms with Crippen LogP contribution < -0.4 is 5.73 Å². The summed E-state index contributed by atoms with van der Waals surface area (Å²) < 4.78 is 5.25. The Morgan fingerprint density at radius 3 is 2.80 bits per heavy atom. The highest BCUT2D eigenvalue weighted by Crippen LogP contribution is 2.19. The number of aromatic amines is 1. The number of carbonyl (C=O) groups is 1. The Labute approximate surface area is 125 Å². The second kappa shape index (κ2) is 7.31. The molecule has 5 heteroatoms. The van der Waals surface area contributed by atoms with Crippen molar-refractivity contribution in [1.82, 2.24) is 4.98 Å². The molecule has 1 heterocycles. The molecular weight excluding hydrogens is 276 g/mol. The summed E-state index contributed by atoms with van der Waals surface area (Å²) in [6.07, 6.45) is 3.10. The van der Waals surface area contributed by atoms with Crippen LogP contribution in [0.4, 0.5) is 0 Å². The van der Waals surface area contributed by atoms with Gasteiger partial charge in [-0.2, -0.15) is 0 Å². The predicted molar refractivity (Wildman–Crippen MR) is 83.1 cm³/mol. The molecule has 1 unspecified atom stereocenters. The number of para-hydroxylation sites is 1. The summed E-state index contributed by atoms with van der Waals surface area (Å²) in [7, 11) is 0. The maximum absolute atomic E-state index is 11.8. The van der Waals surface area contributed by atoms with Gasteiger partial charge in [0.1, 0.15) is 6.04 Å². The first-order chi connectivity index (χ1) is 9.11. The lowest BCUT2D eigenvalue weighted by molar-refractivity contribution is -0.149. The van der Waals surface area contributed by atoms with Crippen LogP contribution in [-0.4, -0.2) is 23.1 Å². The van der Waals surface area contributed by atoms with Crippen molar-refractivity contribution in [2.45, 2.75) is 38.8 Å². The molecule has 0 aliphatic heterocycles. The van der Waals surface area contributed by atoms with Crippen LogP contribution in [0.25, 0.3) is 10.9 Å². The third kappa shape index (κ3) is 3.74. The topological polar surface area (TPSA) is 68.1 Å². The van der Waals surface area contributed by atoms with Crippen LogP contribution in [0, 0.1) is 0 Å². The molecule has 1 aromatic heterocycles. The normalized spacial score (nSPS) is 13.6. The maximum atomic E-state index is 11.8. The molecule has 0 radical (unpaired) electrons. The van der Waals surface area contributed by atoms with Gasteiger partial charge in [0.05, 0.1) is 6.10 Å². The van der Waals surface area contributed by atoms with Gasteiger partial charge < -0.3 is 15.5 Å². The fourth-order valence-corrected chi connectivity index (χ4v) is 1.99. The van der Waals surface area contributed by atoms with Gasteiger partial charge in [0.15, 0.2) is 0 Å². The van der Waals surface area contributed by atoms with Crippen molar-refractivity contribution < 1.29 is 9.53 Å². The second-order valence-corrected chi connectivity index (χ2v) is 4.83. The Bertz CT molecular complexity index is 568. The smallest absolute Gasteiger partial charge is 0.323 e. The molecule has 2 aromatic rings. The van der Waals surface area contributed by atoms with E-state index in [1.165, 1.54) is 0 Å². The lowest BCUT2D eigenvalue weighted by atomic mass is 10.1. The molecule has 0 fully saturated rings. The molecule has 0 bridgehead atoms. The minimum atomic E-state index is -0.617. The number of nitrogens with two attached hydrogens (primary N) is 1. The second-order valence-electron chi connectivity index (χ2n) is 4.83. The number of carbonyl (C=O) groups excluding carboxylic acids is 1. The number of esters is 1. The van der Waals surface area contributed by atoms with Crippen molar-refractivity contribution in [3.05, 3.63) is 36.0 Å². The summed E-state index contributed by atoms with van der Waals surface area (Å²) in [4.78, 5) is 15.0. The van der Waals surface area contributed by atoms with Gasteiger partial charge in [0.25, 0.3) is 0 Å². The third-order valence-corrected chi connectivity index (χ3v) is 3.31. The molecule has 20 heavy (non-hydrogen) atoms. The van der Waals surface area contributed by atoms with E-state index in [9.17, 15) is 4.79 Å². The van der Waals surface area contributed by atoms with Gasteiger partial charge >= 0.3 is 5.97 Å². The van der Waals surface area contributed by atoms with Gasteiger partial charge in [-0.3, -0.25) is 4.79 Å². The molecule has 1 aromatic carbocycles. The Morgan fingerprint density at radius 1 is 1.40 bits per heavy atom. The number of rotatable bonds is 5. The highest BCUT2D eigenvalue weighted by molar-refractivity contribution is 5.85. The van der Waals surface area contributed by atoms with Crippen LogP contribution in [0.2, 0.25) is 0 Å². The zero-order valence-corrected chi connectivity index (χ0v) is 12.6. The molecular formula is C15H21ClN2O2. The van der Waals surface area contributed by atoms with Gasteiger partial charge in [0, 0.05) is 23.5 Å². The van der Waals surface area contributed by atoms with E-state index in [0.29, 0.717) is 6.42 Å². The lowest BCUT2D eigenvalue weighted by Gasteiger charge is -2.15. The van der Waals surface area contributed by atoms with Gasteiger partial charge in [0.2, 0.25) is 0 Å². The van der Waals surface area contributed by atoms with Crippen LogP contribution >= 0.6 is 12.4 Å². The van der Waals surface area contributed by atoms with Crippen molar-refractivity contribution in [3.63, 3.8) is 0 Å². The first-order valence-corrected chi connectivity index (χ1v) is 6.63. The number of aromatic nitrogens is 1. The molecule has 0 saturated heterocycles. The molecule has 2 atom stereocenters. The fraction of sp³-hybridized carbons (Fsp3) is 0.400. The highest BCUT2D eigenvalue weighted by atomic mass is 35.5. The summed E-state index contributed by atoms with van der Waals surface area (Å²) in [5, 5.41) is 1.11. The number of nitrogens with one attached hydrogen (secondary N) is 1. The minimum Gasteiger partial charge on any atom is -0.462 e. The molecule has 0 spiro atoms. The Morgan fingerprint density at radius 2 is 2.10 bits per heavy atom. The third-order valence-electron chi connectivity index (χ3n) is 3.31. The molecule has 0 saturated carbocycles. The van der Waals surface area contributed by atoms with E-state index in [1.807, 2.05) is 44.3 Å². The summed E-state index contributed by atoms with van der Waals surface area (Å²) in [5.41, 5.74) is 8.02. The molecule has 0 aliphatic carbocycles. The molecule has 110 valence electrons. The minimum absolute atomic E-state index is 0. The van der Waals surface area contributed by atoms with Crippen molar-refractivity contribution in [2.75, 3.05) is 0 Å². The lowest BCUT2D eigenvalue weighted by Crippen LogP contribution is -2.36. The van der Waals surface area contributed by atoms with Gasteiger partial charge in [-0.05, 0) is 25.0 Å². The number of hydrogen-bond acceptors (Lipinski definition) is 3.